The Balaban J connectivity index is 0.00000128. The molecule has 2 nitrogen and oxygen atoms in total. The second kappa shape index (κ2) is 6.03. The Kier molecular flexibility index (Phi) is 4.67. The number of methoxy groups -OCH3 is 1. The molecule has 0 bridgehead atoms. The fourth-order valence-corrected chi connectivity index (χ4v) is 1.36. The van der Waals surface area contributed by atoms with Crippen LogP contribution >= 0.6 is 12.4 Å². The van der Waals surface area contributed by atoms with E-state index in [1.165, 1.54) is 0 Å². The minimum Gasteiger partial charge on any atom is -0.497 e. The van der Waals surface area contributed by atoms with Crippen molar-refractivity contribution in [2.75, 3.05) is 12.4 Å². The van der Waals surface area contributed by atoms with Gasteiger partial charge in [-0.25, -0.2) is 0 Å². The van der Waals surface area contributed by atoms with Gasteiger partial charge in [-0.05, 0) is 36.4 Å². The lowest BCUT2D eigenvalue weighted by molar-refractivity contribution is 0.415. The summed E-state index contributed by atoms with van der Waals surface area (Å²) in [6, 6.07) is 17.9. The fourth-order valence-electron chi connectivity index (χ4n) is 1.36. The van der Waals surface area contributed by atoms with Crippen LogP contribution in [0.15, 0.2) is 54.6 Å². The van der Waals surface area contributed by atoms with Crippen molar-refractivity contribution in [3.63, 3.8) is 0 Å². The van der Waals surface area contributed by atoms with Crippen molar-refractivity contribution in [2.45, 2.75) is 0 Å². The van der Waals surface area contributed by atoms with Gasteiger partial charge in [0.05, 0.1) is 7.11 Å². The highest BCUT2D eigenvalue weighted by Crippen LogP contribution is 2.19. The summed E-state index contributed by atoms with van der Waals surface area (Å²) in [6.07, 6.45) is 0. The van der Waals surface area contributed by atoms with E-state index < -0.39 is 0 Å². The van der Waals surface area contributed by atoms with Crippen LogP contribution in [0, 0.1) is 0 Å². The summed E-state index contributed by atoms with van der Waals surface area (Å²) in [4.78, 5) is 0. The van der Waals surface area contributed by atoms with Crippen molar-refractivity contribution < 1.29 is 4.74 Å². The first-order chi connectivity index (χ1) is 7.38. The third-order valence-electron chi connectivity index (χ3n) is 2.15. The SMILES string of the molecule is COc1ccc(Nc2ccccc2)cc1.Cl. The van der Waals surface area contributed by atoms with E-state index >= 15 is 0 Å². The first kappa shape index (κ1) is 12.4. The Morgan fingerprint density at radius 3 is 1.94 bits per heavy atom. The molecule has 0 aliphatic carbocycles. The van der Waals surface area contributed by atoms with E-state index in [2.05, 4.69) is 5.32 Å². The summed E-state index contributed by atoms with van der Waals surface area (Å²) in [6.45, 7) is 0. The summed E-state index contributed by atoms with van der Waals surface area (Å²) in [5, 5.41) is 3.30. The van der Waals surface area contributed by atoms with Crippen LogP contribution in [0.3, 0.4) is 0 Å². The third kappa shape index (κ3) is 3.17. The zero-order valence-electron chi connectivity index (χ0n) is 9.01. The molecule has 2 aromatic carbocycles. The van der Waals surface area contributed by atoms with E-state index in [4.69, 9.17) is 4.74 Å². The van der Waals surface area contributed by atoms with Crippen LogP contribution in [0.5, 0.6) is 5.75 Å². The molecule has 3 heteroatoms. The first-order valence-corrected chi connectivity index (χ1v) is 4.84. The molecule has 0 aliphatic rings. The average Bonchev–Trinajstić information content (AvgIpc) is 2.31. The van der Waals surface area contributed by atoms with E-state index in [-0.39, 0.29) is 12.4 Å². The van der Waals surface area contributed by atoms with Gasteiger partial charge in [-0.3, -0.25) is 0 Å². The lowest BCUT2D eigenvalue weighted by Crippen LogP contribution is -1.89. The van der Waals surface area contributed by atoms with Gasteiger partial charge in [-0.15, -0.1) is 12.4 Å². The molecule has 1 N–H and O–H groups in total. The van der Waals surface area contributed by atoms with E-state index in [0.29, 0.717) is 0 Å². The minimum atomic E-state index is 0. The standard InChI is InChI=1S/C13H13NO.ClH/c1-15-13-9-7-12(8-10-13)14-11-5-3-2-4-6-11;/h2-10,14H,1H3;1H. The number of hydrogen-bond acceptors (Lipinski definition) is 2. The van der Waals surface area contributed by atoms with Crippen LogP contribution in [0.1, 0.15) is 0 Å². The fraction of sp³-hybridized carbons (Fsp3) is 0.0769. The first-order valence-electron chi connectivity index (χ1n) is 4.84. The summed E-state index contributed by atoms with van der Waals surface area (Å²) < 4.78 is 5.09. The highest BCUT2D eigenvalue weighted by atomic mass is 35.5. The maximum Gasteiger partial charge on any atom is 0.119 e. The topological polar surface area (TPSA) is 21.3 Å². The quantitative estimate of drug-likeness (QED) is 0.872. The van der Waals surface area contributed by atoms with Crippen LogP contribution in [0.4, 0.5) is 11.4 Å². The Bertz CT molecular complexity index is 414. The highest BCUT2D eigenvalue weighted by Gasteiger charge is 1.94. The molecule has 0 atom stereocenters. The van der Waals surface area contributed by atoms with Crippen LogP contribution < -0.4 is 10.1 Å². The number of hydrogen-bond donors (Lipinski definition) is 1. The number of ether oxygens (including phenoxy) is 1. The van der Waals surface area contributed by atoms with Gasteiger partial charge in [-0.2, -0.15) is 0 Å². The van der Waals surface area contributed by atoms with Crippen molar-refractivity contribution in [2.24, 2.45) is 0 Å². The summed E-state index contributed by atoms with van der Waals surface area (Å²) in [7, 11) is 1.67. The maximum atomic E-state index is 5.09. The largest absolute Gasteiger partial charge is 0.497 e. The van der Waals surface area contributed by atoms with Crippen molar-refractivity contribution in [1.82, 2.24) is 0 Å². The summed E-state index contributed by atoms with van der Waals surface area (Å²) in [5.74, 6) is 0.869. The predicted octanol–water partition coefficient (Wildman–Crippen LogP) is 3.86. The maximum absolute atomic E-state index is 5.09. The van der Waals surface area contributed by atoms with E-state index in [9.17, 15) is 0 Å². The van der Waals surface area contributed by atoms with E-state index in [1.54, 1.807) is 7.11 Å². The van der Waals surface area contributed by atoms with E-state index in [1.807, 2.05) is 54.6 Å². The van der Waals surface area contributed by atoms with Gasteiger partial charge < -0.3 is 10.1 Å². The monoisotopic (exact) mass is 235 g/mol. The van der Waals surface area contributed by atoms with Gasteiger partial charge in [0.1, 0.15) is 5.75 Å². The second-order valence-corrected chi connectivity index (χ2v) is 3.22. The number of para-hydroxylation sites is 1. The molecule has 0 amide bonds. The highest BCUT2D eigenvalue weighted by molar-refractivity contribution is 5.85. The van der Waals surface area contributed by atoms with Gasteiger partial charge in [0.25, 0.3) is 0 Å². The molecular weight excluding hydrogens is 222 g/mol. The van der Waals surface area contributed by atoms with Crippen LogP contribution in [0.2, 0.25) is 0 Å². The lowest BCUT2D eigenvalue weighted by Gasteiger charge is -2.06. The molecule has 0 heterocycles. The molecule has 16 heavy (non-hydrogen) atoms. The molecule has 0 unspecified atom stereocenters. The van der Waals surface area contributed by atoms with Crippen molar-refractivity contribution in [3.8, 4) is 5.75 Å². The molecule has 0 spiro atoms. The Morgan fingerprint density at radius 2 is 1.38 bits per heavy atom. The molecule has 0 fully saturated rings. The zero-order valence-corrected chi connectivity index (χ0v) is 9.83. The second-order valence-electron chi connectivity index (χ2n) is 3.22. The van der Waals surface area contributed by atoms with Gasteiger partial charge in [0, 0.05) is 11.4 Å². The summed E-state index contributed by atoms with van der Waals surface area (Å²) in [5.41, 5.74) is 2.14. The Labute approximate surface area is 102 Å². The van der Waals surface area contributed by atoms with Crippen LogP contribution in [-0.4, -0.2) is 7.11 Å². The van der Waals surface area contributed by atoms with E-state index in [0.717, 1.165) is 17.1 Å². The Morgan fingerprint density at radius 1 is 0.812 bits per heavy atom. The number of nitrogens with one attached hydrogen (secondary N) is 1. The summed E-state index contributed by atoms with van der Waals surface area (Å²) >= 11 is 0. The molecule has 84 valence electrons. The smallest absolute Gasteiger partial charge is 0.119 e. The molecule has 0 radical (unpaired) electrons. The number of anilines is 2. The molecular formula is C13H14ClNO. The van der Waals surface area contributed by atoms with Gasteiger partial charge in [0.15, 0.2) is 0 Å². The van der Waals surface area contributed by atoms with Crippen molar-refractivity contribution >= 4 is 23.8 Å². The minimum absolute atomic E-state index is 0. The number of benzene rings is 2. The number of halogens is 1. The molecule has 2 rings (SSSR count). The van der Waals surface area contributed by atoms with Crippen LogP contribution in [0.25, 0.3) is 0 Å². The van der Waals surface area contributed by atoms with Gasteiger partial charge in [-0.1, -0.05) is 18.2 Å². The zero-order chi connectivity index (χ0) is 10.5. The third-order valence-corrected chi connectivity index (χ3v) is 2.15. The molecule has 0 aliphatic heterocycles. The van der Waals surface area contributed by atoms with Gasteiger partial charge in [0.2, 0.25) is 0 Å². The number of rotatable bonds is 3. The molecule has 0 saturated heterocycles. The predicted molar refractivity (Wildman–Crippen MR) is 70.0 cm³/mol. The van der Waals surface area contributed by atoms with Crippen molar-refractivity contribution in [1.29, 1.82) is 0 Å². The van der Waals surface area contributed by atoms with Gasteiger partial charge >= 0.3 is 0 Å². The normalized spacial score (nSPS) is 9.06. The molecule has 0 saturated carbocycles. The van der Waals surface area contributed by atoms with Crippen LogP contribution in [-0.2, 0) is 0 Å². The molecule has 2 aromatic rings. The molecule has 0 aromatic heterocycles. The average molecular weight is 236 g/mol. The Hall–Kier alpha value is -1.67. The lowest BCUT2D eigenvalue weighted by atomic mass is 10.2. The van der Waals surface area contributed by atoms with Crippen molar-refractivity contribution in [3.05, 3.63) is 54.6 Å².